The van der Waals surface area contributed by atoms with E-state index in [0.29, 0.717) is 18.7 Å². The molecule has 1 unspecified atom stereocenters. The summed E-state index contributed by atoms with van der Waals surface area (Å²) >= 11 is 3.41. The first kappa shape index (κ1) is 13.2. The van der Waals surface area contributed by atoms with Gasteiger partial charge in [0.05, 0.1) is 11.2 Å². The highest BCUT2D eigenvalue weighted by atomic mass is 79.9. The van der Waals surface area contributed by atoms with E-state index in [2.05, 4.69) is 31.5 Å². The number of amides is 1. The third-order valence-electron chi connectivity index (χ3n) is 3.48. The number of hydrogen-bond donors (Lipinski definition) is 3. The number of hydrogen-bond acceptors (Lipinski definition) is 4. The summed E-state index contributed by atoms with van der Waals surface area (Å²) in [5.41, 5.74) is 8.50. The average Bonchev–Trinajstić information content (AvgIpc) is 2.44. The second-order valence-electron chi connectivity index (χ2n) is 4.94. The molecule has 3 rings (SSSR count). The maximum Gasteiger partial charge on any atom is 0.220 e. The van der Waals surface area contributed by atoms with E-state index in [1.54, 1.807) is 6.20 Å². The highest BCUT2D eigenvalue weighted by Gasteiger charge is 2.18. The van der Waals surface area contributed by atoms with Crippen LogP contribution in [0, 0.1) is 0 Å². The third-order valence-corrected chi connectivity index (χ3v) is 3.91. The molecule has 20 heavy (non-hydrogen) atoms. The fourth-order valence-electron chi connectivity index (χ4n) is 2.41. The van der Waals surface area contributed by atoms with Gasteiger partial charge in [0.25, 0.3) is 0 Å². The number of anilines is 2. The number of nitrogen functional groups attached to an aromatic ring is 1. The smallest absolute Gasteiger partial charge is 0.220 e. The number of carbonyl (C=O) groups excluding carboxylic acids is 1. The standard InChI is InChI=1S/C14H15BrN4O/c15-8-5-10-11(16)2-3-12(14(10)18-6-8)19-9-1-4-13(20)17-7-9/h2-3,5-6,9,19H,1,4,7,16H2,(H,17,20). The van der Waals surface area contributed by atoms with Gasteiger partial charge in [0.2, 0.25) is 5.91 Å². The lowest BCUT2D eigenvalue weighted by atomic mass is 10.1. The van der Waals surface area contributed by atoms with Crippen molar-refractivity contribution in [3.63, 3.8) is 0 Å². The lowest BCUT2D eigenvalue weighted by Crippen LogP contribution is -2.41. The Morgan fingerprint density at radius 1 is 1.45 bits per heavy atom. The summed E-state index contributed by atoms with van der Waals surface area (Å²) < 4.78 is 0.902. The monoisotopic (exact) mass is 334 g/mol. The van der Waals surface area contributed by atoms with Gasteiger partial charge in [-0.25, -0.2) is 0 Å². The normalized spacial score (nSPS) is 18.9. The summed E-state index contributed by atoms with van der Waals surface area (Å²) in [7, 11) is 0. The van der Waals surface area contributed by atoms with Gasteiger partial charge in [0, 0.05) is 40.8 Å². The molecule has 1 amide bonds. The van der Waals surface area contributed by atoms with Crippen LogP contribution in [0.4, 0.5) is 11.4 Å². The van der Waals surface area contributed by atoms with Crippen molar-refractivity contribution in [3.05, 3.63) is 28.9 Å². The zero-order valence-electron chi connectivity index (χ0n) is 10.8. The zero-order valence-corrected chi connectivity index (χ0v) is 12.4. The van der Waals surface area contributed by atoms with E-state index < -0.39 is 0 Å². The van der Waals surface area contributed by atoms with Crippen molar-refractivity contribution < 1.29 is 4.79 Å². The summed E-state index contributed by atoms with van der Waals surface area (Å²) in [5, 5.41) is 7.23. The molecular formula is C14H15BrN4O. The minimum Gasteiger partial charge on any atom is -0.398 e. The fraction of sp³-hybridized carbons (Fsp3) is 0.286. The second kappa shape index (κ2) is 5.28. The SMILES string of the molecule is Nc1ccc(NC2CCC(=O)NC2)c2ncc(Br)cc12. The average molecular weight is 335 g/mol. The van der Waals surface area contributed by atoms with Gasteiger partial charge in [0.15, 0.2) is 0 Å². The molecule has 4 N–H and O–H groups in total. The van der Waals surface area contributed by atoms with Crippen LogP contribution in [-0.2, 0) is 4.79 Å². The van der Waals surface area contributed by atoms with Crippen molar-refractivity contribution in [3.8, 4) is 0 Å². The number of nitrogens with zero attached hydrogens (tertiary/aromatic N) is 1. The Balaban J connectivity index is 1.92. The summed E-state index contributed by atoms with van der Waals surface area (Å²) in [5.74, 6) is 0.118. The minimum atomic E-state index is 0.118. The van der Waals surface area contributed by atoms with Gasteiger partial charge < -0.3 is 16.4 Å². The van der Waals surface area contributed by atoms with Gasteiger partial charge in [-0.15, -0.1) is 0 Å². The van der Waals surface area contributed by atoms with Crippen molar-refractivity contribution >= 4 is 44.1 Å². The van der Waals surface area contributed by atoms with Gasteiger partial charge in [-0.2, -0.15) is 0 Å². The van der Waals surface area contributed by atoms with Crippen LogP contribution in [-0.4, -0.2) is 23.5 Å². The molecule has 1 fully saturated rings. The predicted molar refractivity (Wildman–Crippen MR) is 83.5 cm³/mol. The number of benzene rings is 1. The van der Waals surface area contributed by atoms with Crippen LogP contribution >= 0.6 is 15.9 Å². The molecule has 0 spiro atoms. The molecule has 0 radical (unpaired) electrons. The van der Waals surface area contributed by atoms with Crippen LogP contribution in [0.2, 0.25) is 0 Å². The van der Waals surface area contributed by atoms with Crippen molar-refractivity contribution in [2.24, 2.45) is 0 Å². The predicted octanol–water partition coefficient (Wildman–Crippen LogP) is 2.27. The van der Waals surface area contributed by atoms with Crippen molar-refractivity contribution in [1.29, 1.82) is 0 Å². The van der Waals surface area contributed by atoms with Gasteiger partial charge in [-0.05, 0) is 40.5 Å². The Labute approximate surface area is 125 Å². The van der Waals surface area contributed by atoms with E-state index in [0.717, 1.165) is 27.5 Å². The number of fused-ring (bicyclic) bond motifs is 1. The number of carbonyl (C=O) groups is 1. The van der Waals surface area contributed by atoms with Crippen LogP contribution in [0.25, 0.3) is 10.9 Å². The Morgan fingerprint density at radius 2 is 2.30 bits per heavy atom. The maximum absolute atomic E-state index is 11.2. The van der Waals surface area contributed by atoms with E-state index in [1.165, 1.54) is 0 Å². The number of pyridine rings is 1. The quantitative estimate of drug-likeness (QED) is 0.736. The highest BCUT2D eigenvalue weighted by Crippen LogP contribution is 2.29. The van der Waals surface area contributed by atoms with Crippen molar-refractivity contribution in [2.45, 2.75) is 18.9 Å². The van der Waals surface area contributed by atoms with Crippen LogP contribution in [0.5, 0.6) is 0 Å². The highest BCUT2D eigenvalue weighted by molar-refractivity contribution is 9.10. The largest absolute Gasteiger partial charge is 0.398 e. The molecule has 1 aliphatic rings. The Hall–Kier alpha value is -1.82. The molecule has 1 saturated heterocycles. The molecule has 2 aromatic rings. The molecule has 0 aliphatic carbocycles. The zero-order chi connectivity index (χ0) is 14.1. The first-order chi connectivity index (χ1) is 9.63. The third kappa shape index (κ3) is 2.56. The van der Waals surface area contributed by atoms with Gasteiger partial charge in [-0.3, -0.25) is 9.78 Å². The number of piperidine rings is 1. The molecule has 1 aliphatic heterocycles. The molecule has 5 nitrogen and oxygen atoms in total. The molecule has 1 atom stereocenters. The molecule has 1 aromatic carbocycles. The van der Waals surface area contributed by atoms with E-state index in [-0.39, 0.29) is 11.9 Å². The maximum atomic E-state index is 11.2. The molecule has 0 saturated carbocycles. The molecule has 1 aromatic heterocycles. The Bertz CT molecular complexity index is 664. The molecule has 0 bridgehead atoms. The van der Waals surface area contributed by atoms with E-state index >= 15 is 0 Å². The van der Waals surface area contributed by atoms with E-state index in [9.17, 15) is 4.79 Å². The van der Waals surface area contributed by atoms with Crippen molar-refractivity contribution in [2.75, 3.05) is 17.6 Å². The Morgan fingerprint density at radius 3 is 3.05 bits per heavy atom. The number of nitrogens with two attached hydrogens (primary N) is 1. The number of halogens is 1. The minimum absolute atomic E-state index is 0.118. The fourth-order valence-corrected chi connectivity index (χ4v) is 2.74. The van der Waals surface area contributed by atoms with Crippen molar-refractivity contribution in [1.82, 2.24) is 10.3 Å². The first-order valence-corrected chi connectivity index (χ1v) is 7.30. The molecular weight excluding hydrogens is 320 g/mol. The van der Waals surface area contributed by atoms with Crippen LogP contribution < -0.4 is 16.4 Å². The lowest BCUT2D eigenvalue weighted by molar-refractivity contribution is -0.122. The Kier molecular flexibility index (Phi) is 3.48. The van der Waals surface area contributed by atoms with Gasteiger partial charge in [-0.1, -0.05) is 0 Å². The van der Waals surface area contributed by atoms with Crippen LogP contribution in [0.3, 0.4) is 0 Å². The lowest BCUT2D eigenvalue weighted by Gasteiger charge is -2.25. The van der Waals surface area contributed by atoms with Crippen LogP contribution in [0.15, 0.2) is 28.9 Å². The number of aromatic nitrogens is 1. The van der Waals surface area contributed by atoms with Crippen LogP contribution in [0.1, 0.15) is 12.8 Å². The molecule has 6 heteroatoms. The second-order valence-corrected chi connectivity index (χ2v) is 5.85. The van der Waals surface area contributed by atoms with E-state index in [1.807, 2.05) is 18.2 Å². The van der Waals surface area contributed by atoms with Gasteiger partial charge in [0.1, 0.15) is 0 Å². The topological polar surface area (TPSA) is 80.0 Å². The number of nitrogens with one attached hydrogen (secondary N) is 2. The number of rotatable bonds is 2. The molecule has 104 valence electrons. The van der Waals surface area contributed by atoms with E-state index in [4.69, 9.17) is 5.73 Å². The summed E-state index contributed by atoms with van der Waals surface area (Å²) in [6.45, 7) is 0.640. The summed E-state index contributed by atoms with van der Waals surface area (Å²) in [6, 6.07) is 6.01. The molecule has 2 heterocycles. The van der Waals surface area contributed by atoms with Gasteiger partial charge >= 0.3 is 0 Å². The summed E-state index contributed by atoms with van der Waals surface area (Å²) in [4.78, 5) is 15.6. The first-order valence-electron chi connectivity index (χ1n) is 6.50. The summed E-state index contributed by atoms with van der Waals surface area (Å²) in [6.07, 6.45) is 3.15.